The smallest absolute Gasteiger partial charge is 0.229 e. The minimum atomic E-state index is -0.219. The van der Waals surface area contributed by atoms with E-state index in [1.165, 1.54) is 11.6 Å². The van der Waals surface area contributed by atoms with Crippen molar-refractivity contribution in [2.75, 3.05) is 11.9 Å². The highest BCUT2D eigenvalue weighted by molar-refractivity contribution is 5.94. The molecule has 1 unspecified atom stereocenters. The summed E-state index contributed by atoms with van der Waals surface area (Å²) in [6, 6.07) is 16.7. The van der Waals surface area contributed by atoms with E-state index in [1.807, 2.05) is 49.6 Å². The number of para-hydroxylation sites is 1. The average Bonchev–Trinajstić information content (AvgIpc) is 2.78. The molecular formula is C25H27FN2O. The van der Waals surface area contributed by atoms with Crippen LogP contribution in [-0.2, 0) is 4.79 Å². The molecule has 4 heteroatoms. The van der Waals surface area contributed by atoms with Crippen LogP contribution in [0.3, 0.4) is 0 Å². The Morgan fingerprint density at radius 3 is 2.52 bits per heavy atom. The zero-order valence-electron chi connectivity index (χ0n) is 17.0. The van der Waals surface area contributed by atoms with Crippen molar-refractivity contribution in [1.82, 2.24) is 4.98 Å². The van der Waals surface area contributed by atoms with Crippen LogP contribution in [0.4, 0.5) is 10.1 Å². The summed E-state index contributed by atoms with van der Waals surface area (Å²) in [4.78, 5) is 19.1. The monoisotopic (exact) mass is 390 g/mol. The average molecular weight is 391 g/mol. The van der Waals surface area contributed by atoms with Crippen LogP contribution in [0.1, 0.15) is 44.1 Å². The molecule has 1 aromatic heterocycles. The number of hydrogen-bond acceptors (Lipinski definition) is 2. The van der Waals surface area contributed by atoms with Crippen LogP contribution in [0, 0.1) is 17.7 Å². The lowest BCUT2D eigenvalue weighted by atomic mass is 9.73. The van der Waals surface area contributed by atoms with Crippen molar-refractivity contribution in [2.24, 2.45) is 11.8 Å². The third kappa shape index (κ3) is 4.02. The Hall–Kier alpha value is -2.75. The first-order chi connectivity index (χ1) is 14.0. The lowest BCUT2D eigenvalue weighted by molar-refractivity contribution is -0.123. The van der Waals surface area contributed by atoms with Crippen LogP contribution < -0.4 is 4.90 Å². The lowest BCUT2D eigenvalue weighted by Crippen LogP contribution is -2.36. The molecule has 1 fully saturated rings. The van der Waals surface area contributed by atoms with Gasteiger partial charge in [-0.15, -0.1) is 0 Å². The fourth-order valence-electron chi connectivity index (χ4n) is 4.71. The molecule has 29 heavy (non-hydrogen) atoms. The highest BCUT2D eigenvalue weighted by atomic mass is 19.1. The van der Waals surface area contributed by atoms with E-state index in [4.69, 9.17) is 0 Å². The number of aromatic nitrogens is 1. The van der Waals surface area contributed by atoms with Gasteiger partial charge in [-0.1, -0.05) is 25.1 Å². The molecule has 2 aromatic carbocycles. The topological polar surface area (TPSA) is 33.2 Å². The van der Waals surface area contributed by atoms with E-state index in [-0.39, 0.29) is 17.6 Å². The molecule has 3 nitrogen and oxygen atoms in total. The summed E-state index contributed by atoms with van der Waals surface area (Å²) in [7, 11) is 1.86. The number of fused-ring (bicyclic) bond motifs is 1. The molecule has 0 N–H and O–H groups in total. The van der Waals surface area contributed by atoms with Gasteiger partial charge in [0.15, 0.2) is 0 Å². The van der Waals surface area contributed by atoms with Gasteiger partial charge in [-0.05, 0) is 79.5 Å². The van der Waals surface area contributed by atoms with E-state index in [1.54, 1.807) is 17.0 Å². The normalized spacial score (nSPS) is 20.4. The quantitative estimate of drug-likeness (QED) is 0.552. The summed E-state index contributed by atoms with van der Waals surface area (Å²) in [6.45, 7) is 2.06. The van der Waals surface area contributed by atoms with Crippen molar-refractivity contribution in [2.45, 2.75) is 38.5 Å². The van der Waals surface area contributed by atoms with Gasteiger partial charge in [-0.25, -0.2) is 4.39 Å². The molecule has 3 aromatic rings. The van der Waals surface area contributed by atoms with Gasteiger partial charge in [-0.2, -0.15) is 0 Å². The number of carbonyl (C=O) groups is 1. The van der Waals surface area contributed by atoms with E-state index < -0.39 is 0 Å². The Morgan fingerprint density at radius 2 is 1.79 bits per heavy atom. The third-order valence-electron chi connectivity index (χ3n) is 6.52. The van der Waals surface area contributed by atoms with E-state index in [0.29, 0.717) is 11.8 Å². The van der Waals surface area contributed by atoms with Crippen molar-refractivity contribution in [3.63, 3.8) is 0 Å². The summed E-state index contributed by atoms with van der Waals surface area (Å²) in [6.07, 6.45) is 5.89. The summed E-state index contributed by atoms with van der Waals surface area (Å²) in [5.41, 5.74) is 2.97. The number of pyridine rings is 1. The lowest BCUT2D eigenvalue weighted by Gasteiger charge is -2.34. The second-order valence-corrected chi connectivity index (χ2v) is 8.19. The number of halogens is 1. The summed E-state index contributed by atoms with van der Waals surface area (Å²) < 4.78 is 13.8. The fraction of sp³-hybridized carbons (Fsp3) is 0.360. The van der Waals surface area contributed by atoms with Gasteiger partial charge in [0.05, 0.1) is 5.52 Å². The maximum atomic E-state index is 13.8. The third-order valence-corrected chi connectivity index (χ3v) is 6.52. The predicted octanol–water partition coefficient (Wildman–Crippen LogP) is 5.95. The SMILES string of the molecule is CC(C(=O)N(C)c1ccccc1)C1CCC(c2ccnc3ccc(F)cc23)CC1. The molecule has 0 saturated heterocycles. The standard InChI is InChI=1S/C25H27FN2O/c1-17(25(29)28(2)21-6-4-3-5-7-21)18-8-10-19(11-9-18)22-14-15-27-24-13-12-20(26)16-23(22)24/h3-7,12-19H,8-11H2,1-2H3. The van der Waals surface area contributed by atoms with Crippen LogP contribution in [0.25, 0.3) is 10.9 Å². The molecule has 0 radical (unpaired) electrons. The Bertz CT molecular complexity index is 996. The number of anilines is 1. The predicted molar refractivity (Wildman–Crippen MR) is 115 cm³/mol. The maximum absolute atomic E-state index is 13.8. The molecule has 0 spiro atoms. The number of amides is 1. The van der Waals surface area contributed by atoms with Gasteiger partial charge in [0.1, 0.15) is 5.82 Å². The summed E-state index contributed by atoms with van der Waals surface area (Å²) in [5.74, 6) is 0.731. The zero-order chi connectivity index (χ0) is 20.4. The summed E-state index contributed by atoms with van der Waals surface area (Å²) >= 11 is 0. The Morgan fingerprint density at radius 1 is 1.07 bits per heavy atom. The minimum Gasteiger partial charge on any atom is -0.315 e. The van der Waals surface area contributed by atoms with E-state index in [0.717, 1.165) is 42.3 Å². The molecular weight excluding hydrogens is 363 g/mol. The number of benzene rings is 2. The minimum absolute atomic E-state index is 0.00668. The largest absolute Gasteiger partial charge is 0.315 e. The second kappa shape index (κ2) is 8.32. The zero-order valence-corrected chi connectivity index (χ0v) is 17.0. The first-order valence-corrected chi connectivity index (χ1v) is 10.4. The van der Waals surface area contributed by atoms with Crippen LogP contribution in [0.5, 0.6) is 0 Å². The molecule has 4 rings (SSSR count). The maximum Gasteiger partial charge on any atom is 0.229 e. The van der Waals surface area contributed by atoms with Gasteiger partial charge in [-0.3, -0.25) is 9.78 Å². The van der Waals surface area contributed by atoms with Crippen molar-refractivity contribution in [3.8, 4) is 0 Å². The van der Waals surface area contributed by atoms with Gasteiger partial charge >= 0.3 is 0 Å². The van der Waals surface area contributed by atoms with Crippen LogP contribution >= 0.6 is 0 Å². The molecule has 1 aliphatic rings. The van der Waals surface area contributed by atoms with Gasteiger partial charge in [0.2, 0.25) is 5.91 Å². The molecule has 150 valence electrons. The van der Waals surface area contributed by atoms with E-state index >= 15 is 0 Å². The molecule has 1 amide bonds. The van der Waals surface area contributed by atoms with E-state index in [9.17, 15) is 9.18 Å². The number of hydrogen-bond donors (Lipinski definition) is 0. The van der Waals surface area contributed by atoms with Crippen LogP contribution in [0.2, 0.25) is 0 Å². The van der Waals surface area contributed by atoms with Gasteiger partial charge in [0, 0.05) is 30.2 Å². The Balaban J connectivity index is 1.44. The van der Waals surface area contributed by atoms with Crippen molar-refractivity contribution < 1.29 is 9.18 Å². The van der Waals surface area contributed by atoms with Crippen molar-refractivity contribution in [3.05, 3.63) is 72.2 Å². The van der Waals surface area contributed by atoms with Gasteiger partial charge in [0.25, 0.3) is 0 Å². The molecule has 1 heterocycles. The molecule has 1 atom stereocenters. The first kappa shape index (κ1) is 19.6. The first-order valence-electron chi connectivity index (χ1n) is 10.4. The Kier molecular flexibility index (Phi) is 5.61. The number of rotatable bonds is 4. The molecule has 0 aliphatic heterocycles. The van der Waals surface area contributed by atoms with Crippen molar-refractivity contribution in [1.29, 1.82) is 0 Å². The molecule has 1 aliphatic carbocycles. The number of nitrogens with zero attached hydrogens (tertiary/aromatic N) is 2. The van der Waals surface area contributed by atoms with E-state index in [2.05, 4.69) is 11.9 Å². The molecule has 0 bridgehead atoms. The fourth-order valence-corrected chi connectivity index (χ4v) is 4.71. The van der Waals surface area contributed by atoms with Gasteiger partial charge < -0.3 is 4.90 Å². The van der Waals surface area contributed by atoms with Crippen LogP contribution in [-0.4, -0.2) is 17.9 Å². The highest BCUT2D eigenvalue weighted by Crippen LogP contribution is 2.41. The Labute approximate surface area is 171 Å². The highest BCUT2D eigenvalue weighted by Gasteiger charge is 2.31. The second-order valence-electron chi connectivity index (χ2n) is 8.19. The van der Waals surface area contributed by atoms with Crippen LogP contribution in [0.15, 0.2) is 60.8 Å². The van der Waals surface area contributed by atoms with Crippen molar-refractivity contribution >= 4 is 22.5 Å². The number of carbonyl (C=O) groups excluding carboxylic acids is 1. The molecule has 1 saturated carbocycles. The summed E-state index contributed by atoms with van der Waals surface area (Å²) in [5, 5.41) is 0.920.